The molecule has 0 radical (unpaired) electrons. The van der Waals surface area contributed by atoms with Crippen LogP contribution in [0.5, 0.6) is 0 Å². The Labute approximate surface area is 99.5 Å². The number of rotatable bonds is 6. The Morgan fingerprint density at radius 2 is 2.06 bits per heavy atom. The molecule has 0 aliphatic heterocycles. The van der Waals surface area contributed by atoms with Crippen molar-refractivity contribution in [3.05, 3.63) is 29.0 Å². The van der Waals surface area contributed by atoms with Crippen LogP contribution in [0.4, 0.5) is 0 Å². The highest BCUT2D eigenvalue weighted by atomic mass is 35.5. The van der Waals surface area contributed by atoms with Gasteiger partial charge in [0.05, 0.1) is 0 Å². The molecular weight excluding hydrogens is 230 g/mol. The van der Waals surface area contributed by atoms with Gasteiger partial charge in [-0.25, -0.2) is 4.98 Å². The molecule has 0 N–H and O–H groups in total. The Hall–Kier alpha value is -0.970. The minimum atomic E-state index is -0.867. The van der Waals surface area contributed by atoms with E-state index in [1.54, 1.807) is 19.9 Å². The molecule has 0 amide bonds. The molecule has 5 heteroatoms. The van der Waals surface area contributed by atoms with Crippen molar-refractivity contribution in [3.8, 4) is 0 Å². The van der Waals surface area contributed by atoms with E-state index in [9.17, 15) is 4.79 Å². The summed E-state index contributed by atoms with van der Waals surface area (Å²) < 4.78 is 10.4. The van der Waals surface area contributed by atoms with Gasteiger partial charge in [0.2, 0.25) is 12.1 Å². The highest BCUT2D eigenvalue weighted by Crippen LogP contribution is 2.11. The first-order valence-corrected chi connectivity index (χ1v) is 5.45. The number of Topliss-reactive ketones (excluding diaryl/α,β-unsaturated/α-hetero) is 1. The van der Waals surface area contributed by atoms with Gasteiger partial charge in [0, 0.05) is 25.0 Å². The summed E-state index contributed by atoms with van der Waals surface area (Å²) in [4.78, 5) is 15.7. The lowest BCUT2D eigenvalue weighted by molar-refractivity contribution is -0.107. The zero-order valence-electron chi connectivity index (χ0n) is 9.27. The highest BCUT2D eigenvalue weighted by Gasteiger charge is 2.20. The number of nitrogens with zero attached hydrogens (tertiary/aromatic N) is 1. The van der Waals surface area contributed by atoms with Crippen molar-refractivity contribution in [3.63, 3.8) is 0 Å². The Morgan fingerprint density at radius 3 is 2.56 bits per heavy atom. The van der Waals surface area contributed by atoms with E-state index in [-0.39, 0.29) is 10.9 Å². The van der Waals surface area contributed by atoms with Crippen molar-refractivity contribution >= 4 is 17.4 Å². The van der Waals surface area contributed by atoms with Gasteiger partial charge in [-0.05, 0) is 26.0 Å². The van der Waals surface area contributed by atoms with Gasteiger partial charge in [-0.3, -0.25) is 4.79 Å². The lowest BCUT2D eigenvalue weighted by Gasteiger charge is -2.15. The quantitative estimate of drug-likeness (QED) is 0.437. The van der Waals surface area contributed by atoms with Crippen LogP contribution in [0.15, 0.2) is 18.3 Å². The molecule has 0 aliphatic carbocycles. The maximum Gasteiger partial charge on any atom is 0.222 e. The van der Waals surface area contributed by atoms with E-state index in [1.165, 1.54) is 12.3 Å². The fourth-order valence-electron chi connectivity index (χ4n) is 1.19. The third-order valence-electron chi connectivity index (χ3n) is 1.86. The first kappa shape index (κ1) is 13.1. The van der Waals surface area contributed by atoms with Crippen LogP contribution in [-0.4, -0.2) is 30.3 Å². The molecule has 1 rings (SSSR count). The molecular formula is C11H14ClNO3. The molecule has 0 bridgehead atoms. The molecule has 0 saturated carbocycles. The van der Waals surface area contributed by atoms with E-state index in [2.05, 4.69) is 4.98 Å². The smallest absolute Gasteiger partial charge is 0.222 e. The molecule has 16 heavy (non-hydrogen) atoms. The highest BCUT2D eigenvalue weighted by molar-refractivity contribution is 6.29. The SMILES string of the molecule is CCOC(OCC)C(=O)c1ccnc(Cl)c1. The van der Waals surface area contributed by atoms with E-state index in [4.69, 9.17) is 21.1 Å². The molecule has 4 nitrogen and oxygen atoms in total. The second-order valence-corrected chi connectivity index (χ2v) is 3.36. The zero-order valence-corrected chi connectivity index (χ0v) is 10.0. The fraction of sp³-hybridized carbons (Fsp3) is 0.455. The third kappa shape index (κ3) is 3.56. The van der Waals surface area contributed by atoms with E-state index in [1.807, 2.05) is 0 Å². The molecule has 1 aromatic rings. The van der Waals surface area contributed by atoms with Gasteiger partial charge in [0.1, 0.15) is 5.15 Å². The van der Waals surface area contributed by atoms with Crippen LogP contribution >= 0.6 is 11.6 Å². The van der Waals surface area contributed by atoms with Gasteiger partial charge in [0.15, 0.2) is 0 Å². The maximum atomic E-state index is 11.9. The predicted octanol–water partition coefficient (Wildman–Crippen LogP) is 2.32. The number of pyridine rings is 1. The first-order chi connectivity index (χ1) is 7.69. The number of hydrogen-bond acceptors (Lipinski definition) is 4. The van der Waals surface area contributed by atoms with Crippen LogP contribution in [0, 0.1) is 0 Å². The summed E-state index contributed by atoms with van der Waals surface area (Å²) in [7, 11) is 0. The number of halogens is 1. The third-order valence-corrected chi connectivity index (χ3v) is 2.07. The Kier molecular flexibility index (Phi) is 5.38. The monoisotopic (exact) mass is 243 g/mol. The second kappa shape index (κ2) is 6.58. The molecule has 0 saturated heterocycles. The van der Waals surface area contributed by atoms with E-state index in [0.717, 1.165) is 0 Å². The standard InChI is InChI=1S/C11H14ClNO3/c1-3-15-11(16-4-2)10(14)8-5-6-13-9(12)7-8/h5-7,11H,3-4H2,1-2H3. The normalized spacial score (nSPS) is 10.8. The number of hydrogen-bond donors (Lipinski definition) is 0. The Bertz CT molecular complexity index is 351. The summed E-state index contributed by atoms with van der Waals surface area (Å²) in [5.41, 5.74) is 0.437. The van der Waals surface area contributed by atoms with Crippen molar-refractivity contribution in [2.75, 3.05) is 13.2 Å². The van der Waals surface area contributed by atoms with Gasteiger partial charge in [-0.1, -0.05) is 11.6 Å². The van der Waals surface area contributed by atoms with Gasteiger partial charge in [-0.15, -0.1) is 0 Å². The van der Waals surface area contributed by atoms with Gasteiger partial charge in [-0.2, -0.15) is 0 Å². The van der Waals surface area contributed by atoms with Gasteiger partial charge < -0.3 is 9.47 Å². The molecule has 1 aromatic heterocycles. The molecule has 1 heterocycles. The summed E-state index contributed by atoms with van der Waals surface area (Å²) in [6, 6.07) is 3.08. The molecule has 0 spiro atoms. The van der Waals surface area contributed by atoms with Crippen molar-refractivity contribution in [1.29, 1.82) is 0 Å². The molecule has 0 aromatic carbocycles. The summed E-state index contributed by atoms with van der Waals surface area (Å²) in [6.07, 6.45) is 0.610. The number of aromatic nitrogens is 1. The number of ketones is 1. The zero-order chi connectivity index (χ0) is 12.0. The van der Waals surface area contributed by atoms with Crippen LogP contribution in [0.3, 0.4) is 0 Å². The van der Waals surface area contributed by atoms with Crippen molar-refractivity contribution in [2.24, 2.45) is 0 Å². The number of carbonyl (C=O) groups excluding carboxylic acids is 1. The maximum absolute atomic E-state index is 11.9. The Morgan fingerprint density at radius 1 is 1.44 bits per heavy atom. The molecule has 0 unspecified atom stereocenters. The summed E-state index contributed by atoms with van der Waals surface area (Å²) in [6.45, 7) is 4.43. The number of ether oxygens (including phenoxy) is 2. The summed E-state index contributed by atoms with van der Waals surface area (Å²) >= 11 is 5.70. The van der Waals surface area contributed by atoms with Crippen LogP contribution < -0.4 is 0 Å². The molecule has 88 valence electrons. The molecule has 0 aliphatic rings. The van der Waals surface area contributed by atoms with Crippen molar-refractivity contribution < 1.29 is 14.3 Å². The lowest BCUT2D eigenvalue weighted by atomic mass is 10.2. The average Bonchev–Trinajstić information content (AvgIpc) is 2.28. The molecule has 0 atom stereocenters. The van der Waals surface area contributed by atoms with Crippen molar-refractivity contribution in [2.45, 2.75) is 20.1 Å². The fourth-order valence-corrected chi connectivity index (χ4v) is 1.37. The predicted molar refractivity (Wildman–Crippen MR) is 60.6 cm³/mol. The lowest BCUT2D eigenvalue weighted by Crippen LogP contribution is -2.27. The molecule has 0 fully saturated rings. The first-order valence-electron chi connectivity index (χ1n) is 5.08. The van der Waals surface area contributed by atoms with Crippen LogP contribution in [0.2, 0.25) is 5.15 Å². The Balaban J connectivity index is 2.81. The minimum absolute atomic E-state index is 0.243. The van der Waals surface area contributed by atoms with E-state index in [0.29, 0.717) is 18.8 Å². The van der Waals surface area contributed by atoms with Gasteiger partial charge in [0.25, 0.3) is 0 Å². The van der Waals surface area contributed by atoms with Crippen LogP contribution in [-0.2, 0) is 9.47 Å². The minimum Gasteiger partial charge on any atom is -0.346 e. The average molecular weight is 244 g/mol. The largest absolute Gasteiger partial charge is 0.346 e. The topological polar surface area (TPSA) is 48.4 Å². The second-order valence-electron chi connectivity index (χ2n) is 2.97. The van der Waals surface area contributed by atoms with E-state index < -0.39 is 6.29 Å². The number of carbonyl (C=O) groups is 1. The van der Waals surface area contributed by atoms with Crippen LogP contribution in [0.25, 0.3) is 0 Å². The van der Waals surface area contributed by atoms with E-state index >= 15 is 0 Å². The summed E-state index contributed by atoms with van der Waals surface area (Å²) in [5, 5.41) is 0.276. The van der Waals surface area contributed by atoms with Gasteiger partial charge >= 0.3 is 0 Å². The summed E-state index contributed by atoms with van der Waals surface area (Å²) in [5.74, 6) is -0.243. The van der Waals surface area contributed by atoms with Crippen LogP contribution in [0.1, 0.15) is 24.2 Å². The van der Waals surface area contributed by atoms with Crippen molar-refractivity contribution in [1.82, 2.24) is 4.98 Å².